The van der Waals surface area contributed by atoms with Crippen LogP contribution in [0.3, 0.4) is 0 Å². The summed E-state index contributed by atoms with van der Waals surface area (Å²) in [5.74, 6) is 0. The first-order valence-electron chi connectivity index (χ1n) is 7.57. The highest BCUT2D eigenvalue weighted by atomic mass is 16.5. The zero-order valence-corrected chi connectivity index (χ0v) is 13.0. The van der Waals surface area contributed by atoms with Crippen molar-refractivity contribution < 1.29 is 4.74 Å². The first-order chi connectivity index (χ1) is 8.95. The Kier molecular flexibility index (Phi) is 4.35. The number of hydrogen-bond acceptors (Lipinski definition) is 1. The lowest BCUT2D eigenvalue weighted by atomic mass is 9.59. The van der Waals surface area contributed by atoms with Crippen molar-refractivity contribution in [2.75, 3.05) is 6.61 Å². The Balaban J connectivity index is 1.93. The number of hydrogen-bond donors (Lipinski definition) is 0. The lowest BCUT2D eigenvalue weighted by Gasteiger charge is -2.48. The summed E-state index contributed by atoms with van der Waals surface area (Å²) in [5, 5.41) is 0. The molecule has 106 valence electrons. The number of aryl methyl sites for hydroxylation is 1. The van der Waals surface area contributed by atoms with Crippen molar-refractivity contribution >= 4 is 0 Å². The van der Waals surface area contributed by atoms with Crippen molar-refractivity contribution in [2.45, 2.75) is 60.0 Å². The Hall–Kier alpha value is -0.820. The summed E-state index contributed by atoms with van der Waals surface area (Å²) in [5.41, 5.74) is 3.38. The molecule has 1 atom stereocenters. The highest BCUT2D eigenvalue weighted by Crippen LogP contribution is 2.50. The van der Waals surface area contributed by atoms with Gasteiger partial charge in [0.2, 0.25) is 0 Å². The van der Waals surface area contributed by atoms with Crippen LogP contribution in [0, 0.1) is 17.8 Å². The van der Waals surface area contributed by atoms with Crippen LogP contribution in [-0.2, 0) is 11.3 Å². The summed E-state index contributed by atoms with van der Waals surface area (Å²) in [7, 11) is 0. The van der Waals surface area contributed by atoms with Gasteiger partial charge in [-0.25, -0.2) is 0 Å². The van der Waals surface area contributed by atoms with Crippen LogP contribution in [0.4, 0.5) is 0 Å². The normalized spacial score (nSPS) is 26.3. The van der Waals surface area contributed by atoms with Gasteiger partial charge >= 0.3 is 0 Å². The second-order valence-electron chi connectivity index (χ2n) is 7.07. The van der Waals surface area contributed by atoms with Crippen LogP contribution in [0.1, 0.15) is 57.6 Å². The van der Waals surface area contributed by atoms with Gasteiger partial charge in [-0.1, -0.05) is 57.9 Å². The quantitative estimate of drug-likeness (QED) is 0.730. The summed E-state index contributed by atoms with van der Waals surface area (Å²) in [6, 6.07) is 8.51. The molecule has 1 aromatic carbocycles. The van der Waals surface area contributed by atoms with E-state index in [1.54, 1.807) is 0 Å². The Morgan fingerprint density at radius 3 is 2.42 bits per heavy atom. The van der Waals surface area contributed by atoms with Crippen molar-refractivity contribution in [1.82, 2.24) is 0 Å². The molecule has 1 aromatic rings. The largest absolute Gasteiger partial charge is 0.376 e. The van der Waals surface area contributed by atoms with E-state index in [0.29, 0.717) is 10.8 Å². The van der Waals surface area contributed by atoms with Crippen LogP contribution in [-0.4, -0.2) is 6.61 Å². The molecule has 1 nitrogen and oxygen atoms in total. The second-order valence-corrected chi connectivity index (χ2v) is 7.07. The number of benzene rings is 1. The molecule has 0 spiro atoms. The van der Waals surface area contributed by atoms with Crippen molar-refractivity contribution in [1.29, 1.82) is 0 Å². The third kappa shape index (κ3) is 3.20. The number of rotatable bonds is 4. The predicted octanol–water partition coefficient (Wildman–Crippen LogP) is 5.12. The highest BCUT2D eigenvalue weighted by molar-refractivity contribution is 5.24. The molecule has 0 amide bonds. The third-order valence-electron chi connectivity index (χ3n) is 5.35. The molecular formula is C18H28O. The predicted molar refractivity (Wildman–Crippen MR) is 81.2 cm³/mol. The minimum Gasteiger partial charge on any atom is -0.376 e. The van der Waals surface area contributed by atoms with Crippen LogP contribution in [0.5, 0.6) is 0 Å². The Bertz CT molecular complexity index is 421. The molecule has 0 aromatic heterocycles. The van der Waals surface area contributed by atoms with Crippen LogP contribution >= 0.6 is 0 Å². The van der Waals surface area contributed by atoms with Crippen molar-refractivity contribution in [3.05, 3.63) is 35.4 Å². The van der Waals surface area contributed by atoms with E-state index >= 15 is 0 Å². The van der Waals surface area contributed by atoms with Gasteiger partial charge in [0.25, 0.3) is 0 Å². The van der Waals surface area contributed by atoms with Gasteiger partial charge < -0.3 is 4.74 Å². The van der Waals surface area contributed by atoms with E-state index in [0.717, 1.165) is 13.2 Å². The zero-order chi connectivity index (χ0) is 13.9. The molecule has 0 N–H and O–H groups in total. The maximum atomic E-state index is 6.08. The summed E-state index contributed by atoms with van der Waals surface area (Å²) < 4.78 is 6.08. The molecule has 1 aliphatic rings. The highest BCUT2D eigenvalue weighted by Gasteiger charge is 2.42. The Labute approximate surface area is 118 Å². The average Bonchev–Trinajstić information content (AvgIpc) is 2.36. The van der Waals surface area contributed by atoms with Gasteiger partial charge in [-0.2, -0.15) is 0 Å². The van der Waals surface area contributed by atoms with E-state index in [-0.39, 0.29) is 0 Å². The van der Waals surface area contributed by atoms with E-state index in [9.17, 15) is 0 Å². The molecule has 1 heteroatoms. The monoisotopic (exact) mass is 260 g/mol. The average molecular weight is 260 g/mol. The summed E-state index contributed by atoms with van der Waals surface area (Å²) >= 11 is 0. The zero-order valence-electron chi connectivity index (χ0n) is 13.0. The molecule has 1 aliphatic carbocycles. The topological polar surface area (TPSA) is 9.23 Å². The van der Waals surface area contributed by atoms with E-state index in [4.69, 9.17) is 4.74 Å². The van der Waals surface area contributed by atoms with Crippen LogP contribution in [0.2, 0.25) is 0 Å². The molecule has 0 heterocycles. The van der Waals surface area contributed by atoms with Gasteiger partial charge in [-0.15, -0.1) is 0 Å². The fourth-order valence-corrected chi connectivity index (χ4v) is 3.15. The van der Waals surface area contributed by atoms with Crippen LogP contribution in [0.15, 0.2) is 24.3 Å². The first kappa shape index (κ1) is 14.6. The SMILES string of the molecule is Cc1ccccc1COC[C@]1(C)CCCCC1(C)C. The Morgan fingerprint density at radius 2 is 1.74 bits per heavy atom. The molecule has 19 heavy (non-hydrogen) atoms. The molecule has 0 bridgehead atoms. The molecule has 0 aliphatic heterocycles. The molecule has 1 fully saturated rings. The van der Waals surface area contributed by atoms with E-state index in [2.05, 4.69) is 52.0 Å². The first-order valence-corrected chi connectivity index (χ1v) is 7.57. The maximum Gasteiger partial charge on any atom is 0.0719 e. The fraction of sp³-hybridized carbons (Fsp3) is 0.667. The molecule has 0 radical (unpaired) electrons. The fourth-order valence-electron chi connectivity index (χ4n) is 3.15. The van der Waals surface area contributed by atoms with E-state index < -0.39 is 0 Å². The second kappa shape index (κ2) is 5.66. The van der Waals surface area contributed by atoms with Gasteiger partial charge in [-0.05, 0) is 41.7 Å². The smallest absolute Gasteiger partial charge is 0.0719 e. The Morgan fingerprint density at radius 1 is 1.05 bits per heavy atom. The summed E-state index contributed by atoms with van der Waals surface area (Å²) in [6.07, 6.45) is 5.36. The molecule has 0 saturated heterocycles. The van der Waals surface area contributed by atoms with Crippen molar-refractivity contribution in [3.63, 3.8) is 0 Å². The van der Waals surface area contributed by atoms with Gasteiger partial charge in [-0.3, -0.25) is 0 Å². The molecule has 2 rings (SSSR count). The van der Waals surface area contributed by atoms with Gasteiger partial charge in [0.15, 0.2) is 0 Å². The number of ether oxygens (including phenoxy) is 1. The standard InChI is InChI=1S/C18H28O/c1-15-9-5-6-10-16(15)13-19-14-18(4)12-8-7-11-17(18,2)3/h5-6,9-10H,7-8,11-14H2,1-4H3/t18-/m0/s1. The lowest BCUT2D eigenvalue weighted by Crippen LogP contribution is -2.41. The third-order valence-corrected chi connectivity index (χ3v) is 5.35. The van der Waals surface area contributed by atoms with Crippen LogP contribution in [0.25, 0.3) is 0 Å². The maximum absolute atomic E-state index is 6.08. The van der Waals surface area contributed by atoms with Crippen molar-refractivity contribution in [3.8, 4) is 0 Å². The van der Waals surface area contributed by atoms with E-state index in [1.807, 2.05) is 0 Å². The van der Waals surface area contributed by atoms with Gasteiger partial charge in [0.05, 0.1) is 13.2 Å². The van der Waals surface area contributed by atoms with Gasteiger partial charge in [0.1, 0.15) is 0 Å². The summed E-state index contributed by atoms with van der Waals surface area (Å²) in [4.78, 5) is 0. The van der Waals surface area contributed by atoms with Gasteiger partial charge in [0, 0.05) is 0 Å². The summed E-state index contributed by atoms with van der Waals surface area (Å²) in [6.45, 7) is 11.0. The minimum absolute atomic E-state index is 0.327. The molecular weight excluding hydrogens is 232 g/mol. The van der Waals surface area contributed by atoms with Crippen molar-refractivity contribution in [2.24, 2.45) is 10.8 Å². The molecule has 1 saturated carbocycles. The van der Waals surface area contributed by atoms with E-state index in [1.165, 1.54) is 36.8 Å². The minimum atomic E-state index is 0.327. The van der Waals surface area contributed by atoms with Crippen LogP contribution < -0.4 is 0 Å². The molecule has 0 unspecified atom stereocenters. The lowest BCUT2D eigenvalue weighted by molar-refractivity contribution is -0.0546.